The molecule has 0 saturated heterocycles. The van der Waals surface area contributed by atoms with Gasteiger partial charge in [-0.2, -0.15) is 0 Å². The van der Waals surface area contributed by atoms with E-state index < -0.39 is 105 Å². The molecule has 310 valence electrons. The average molecular weight is 833 g/mol. The molecular weight excluding hydrogens is 800 g/mol. The number of hydrogen-bond donors (Lipinski definition) is 12. The van der Waals surface area contributed by atoms with E-state index in [4.69, 9.17) is 14.2 Å². The van der Waals surface area contributed by atoms with Crippen LogP contribution in [-0.2, 0) is 17.6 Å². The second kappa shape index (κ2) is 13.9. The Kier molecular flexibility index (Phi) is 8.75. The Morgan fingerprint density at radius 1 is 0.557 bits per heavy atom. The summed E-state index contributed by atoms with van der Waals surface area (Å²) >= 11 is 0. The maximum Gasteiger partial charge on any atom is 0.338 e. The molecule has 1 aromatic heterocycles. The lowest BCUT2D eigenvalue weighted by atomic mass is 9.83. The summed E-state index contributed by atoms with van der Waals surface area (Å²) in [6, 6.07) is 15.0. The van der Waals surface area contributed by atoms with Crippen molar-refractivity contribution in [1.29, 1.82) is 0 Å². The predicted octanol–water partition coefficient (Wildman–Crippen LogP) is 5.15. The summed E-state index contributed by atoms with van der Waals surface area (Å²) < 4.78 is 18.4. The zero-order valence-corrected chi connectivity index (χ0v) is 31.0. The van der Waals surface area contributed by atoms with Crippen LogP contribution < -0.4 is 9.47 Å². The normalized spacial score (nSPS) is 18.2. The summed E-state index contributed by atoms with van der Waals surface area (Å²) in [5, 5.41) is 130. The molecule has 0 bridgehead atoms. The summed E-state index contributed by atoms with van der Waals surface area (Å²) in [5.41, 5.74) is -0.961. The van der Waals surface area contributed by atoms with Gasteiger partial charge in [-0.1, -0.05) is 12.1 Å². The fraction of sp³-hybridized carbons (Fsp3) is 0.140. The third-order valence-corrected chi connectivity index (χ3v) is 10.7. The number of fused-ring (bicyclic) bond motifs is 4. The molecule has 0 amide bonds. The number of carbonyl (C=O) groups is 1. The summed E-state index contributed by atoms with van der Waals surface area (Å²) in [7, 11) is 0. The van der Waals surface area contributed by atoms with Crippen LogP contribution in [0.5, 0.6) is 74.7 Å². The Balaban J connectivity index is 1.31. The van der Waals surface area contributed by atoms with Gasteiger partial charge in [-0.15, -0.1) is 0 Å². The first kappa shape index (κ1) is 38.3. The van der Waals surface area contributed by atoms with Crippen molar-refractivity contribution in [2.24, 2.45) is 0 Å². The fourth-order valence-electron chi connectivity index (χ4n) is 7.87. The van der Waals surface area contributed by atoms with Gasteiger partial charge in [-0.25, -0.2) is 14.8 Å². The molecule has 0 saturated carbocycles. The average Bonchev–Trinajstić information content (AvgIpc) is 3.21. The number of nitrogens with zero attached hydrogens (tertiary/aromatic N) is 2. The summed E-state index contributed by atoms with van der Waals surface area (Å²) in [4.78, 5) is 23.1. The van der Waals surface area contributed by atoms with E-state index in [9.17, 15) is 66.1 Å². The Hall–Kier alpha value is -8.25. The van der Waals surface area contributed by atoms with Gasteiger partial charge in [0.25, 0.3) is 0 Å². The molecule has 6 aromatic carbocycles. The van der Waals surface area contributed by atoms with Crippen LogP contribution in [0.15, 0.2) is 72.8 Å². The predicted molar refractivity (Wildman–Crippen MR) is 209 cm³/mol. The Morgan fingerprint density at radius 2 is 1.10 bits per heavy atom. The van der Waals surface area contributed by atoms with Crippen molar-refractivity contribution in [3.63, 3.8) is 0 Å². The lowest BCUT2D eigenvalue weighted by Gasteiger charge is -2.36. The van der Waals surface area contributed by atoms with Gasteiger partial charge in [0, 0.05) is 70.5 Å². The van der Waals surface area contributed by atoms with E-state index in [-0.39, 0.29) is 63.2 Å². The monoisotopic (exact) mass is 832 g/mol. The van der Waals surface area contributed by atoms with Gasteiger partial charge in [0.15, 0.2) is 46.7 Å². The van der Waals surface area contributed by atoms with E-state index in [1.54, 1.807) is 24.3 Å². The largest absolute Gasteiger partial charge is 0.508 e. The third kappa shape index (κ3) is 6.29. The molecule has 12 N–H and O–H groups in total. The standard InChI is InChI=1S/C43H32N2O16/c46-16-7-25(48)18-12-30(53)41(59-31(18)9-16)21-13-29(52)38(55)40(57)35(21)34-20(11-24-36(39(34)56)45-23-4-2-1-3-22(23)44-24)42-33(14-19-26(49)8-17(47)10-32(19)60-42)61-43(58)15-5-27(50)37(54)28(51)6-15/h1-11,13,30,33,41-42,46-57H,12,14H2/t30-,33-,41-,42?/m1/s1. The minimum absolute atomic E-state index is 0.0272. The second-order valence-corrected chi connectivity index (χ2v) is 14.6. The number of aromatic nitrogens is 2. The van der Waals surface area contributed by atoms with E-state index >= 15 is 0 Å². The first-order chi connectivity index (χ1) is 29.1. The molecule has 18 heteroatoms. The first-order valence-electron chi connectivity index (χ1n) is 18.3. The lowest BCUT2D eigenvalue weighted by Crippen LogP contribution is -2.35. The van der Waals surface area contributed by atoms with Crippen LogP contribution >= 0.6 is 0 Å². The maximum atomic E-state index is 13.8. The van der Waals surface area contributed by atoms with Crippen molar-refractivity contribution >= 4 is 28.0 Å². The van der Waals surface area contributed by atoms with Gasteiger partial charge in [0.05, 0.1) is 28.2 Å². The van der Waals surface area contributed by atoms with Gasteiger partial charge in [0.2, 0.25) is 5.75 Å². The number of hydrogen-bond acceptors (Lipinski definition) is 18. The van der Waals surface area contributed by atoms with E-state index in [0.717, 1.165) is 42.5 Å². The minimum atomic E-state index is -1.61. The molecular formula is C43H32N2O16. The highest BCUT2D eigenvalue weighted by molar-refractivity contribution is 5.98. The van der Waals surface area contributed by atoms with E-state index in [2.05, 4.69) is 9.97 Å². The fourth-order valence-corrected chi connectivity index (χ4v) is 7.87. The highest BCUT2D eigenvalue weighted by Crippen LogP contribution is 2.56. The van der Waals surface area contributed by atoms with E-state index in [1.807, 2.05) is 0 Å². The molecule has 61 heavy (non-hydrogen) atoms. The smallest absolute Gasteiger partial charge is 0.338 e. The molecule has 0 fully saturated rings. The number of aliphatic hydroxyl groups excluding tert-OH is 1. The van der Waals surface area contributed by atoms with Crippen LogP contribution in [0.25, 0.3) is 33.2 Å². The molecule has 0 radical (unpaired) electrons. The number of benzene rings is 6. The molecule has 0 spiro atoms. The molecule has 0 aliphatic carbocycles. The number of rotatable bonds is 5. The zero-order valence-electron chi connectivity index (χ0n) is 31.0. The number of aliphatic hydroxyl groups is 1. The Morgan fingerprint density at radius 3 is 1.74 bits per heavy atom. The third-order valence-electron chi connectivity index (χ3n) is 10.7. The second-order valence-electron chi connectivity index (χ2n) is 14.6. The number of esters is 1. The number of para-hydroxylation sites is 2. The highest BCUT2D eigenvalue weighted by atomic mass is 16.6. The van der Waals surface area contributed by atoms with Crippen LogP contribution in [-0.4, -0.2) is 89.4 Å². The van der Waals surface area contributed by atoms with Gasteiger partial charge >= 0.3 is 5.97 Å². The summed E-state index contributed by atoms with van der Waals surface area (Å²) in [6.45, 7) is 0. The van der Waals surface area contributed by atoms with Crippen LogP contribution in [0.1, 0.15) is 44.8 Å². The van der Waals surface area contributed by atoms with Crippen molar-refractivity contribution in [1.82, 2.24) is 9.97 Å². The quantitative estimate of drug-likeness (QED) is 0.0606. The lowest BCUT2D eigenvalue weighted by molar-refractivity contribution is -0.0187. The molecule has 1 unspecified atom stereocenters. The molecule has 18 nitrogen and oxygen atoms in total. The molecule has 3 heterocycles. The van der Waals surface area contributed by atoms with Crippen LogP contribution in [0.4, 0.5) is 0 Å². The van der Waals surface area contributed by atoms with Gasteiger partial charge in [-0.3, -0.25) is 0 Å². The SMILES string of the molecule is O=C(O[C@@H]1Cc2c(O)cc(O)cc2OC1c1cc2nc3ccccc3nc2c(O)c1-c1c([C@H]2Oc3cc(O)cc(O)c3C[C@H]2O)cc(O)c(O)c1O)c1cc(O)c(O)c(O)c1. The van der Waals surface area contributed by atoms with Gasteiger partial charge in [0.1, 0.15) is 46.1 Å². The van der Waals surface area contributed by atoms with Crippen molar-refractivity contribution in [2.45, 2.75) is 37.3 Å². The zero-order chi connectivity index (χ0) is 43.2. The van der Waals surface area contributed by atoms with Crippen molar-refractivity contribution in [2.75, 3.05) is 0 Å². The summed E-state index contributed by atoms with van der Waals surface area (Å²) in [6.07, 6.45) is -6.87. The van der Waals surface area contributed by atoms with Crippen molar-refractivity contribution in [3.8, 4) is 85.9 Å². The first-order valence-corrected chi connectivity index (χ1v) is 18.3. The van der Waals surface area contributed by atoms with Gasteiger partial charge in [-0.05, 0) is 36.4 Å². The van der Waals surface area contributed by atoms with Crippen LogP contribution in [0, 0.1) is 0 Å². The van der Waals surface area contributed by atoms with E-state index in [1.165, 1.54) is 6.07 Å². The van der Waals surface area contributed by atoms with Crippen molar-refractivity contribution < 1.29 is 80.3 Å². The summed E-state index contributed by atoms with van der Waals surface area (Å²) in [5.74, 6) is -9.40. The van der Waals surface area contributed by atoms with Crippen LogP contribution in [0.3, 0.4) is 0 Å². The topological polar surface area (TPSA) is 313 Å². The number of carbonyl (C=O) groups excluding carboxylic acids is 1. The van der Waals surface area contributed by atoms with Crippen molar-refractivity contribution in [3.05, 3.63) is 101 Å². The molecule has 2 aliphatic heterocycles. The molecule has 7 aromatic rings. The number of aromatic hydroxyl groups is 11. The maximum absolute atomic E-state index is 13.8. The molecule has 9 rings (SSSR count). The number of phenols is 11. The van der Waals surface area contributed by atoms with E-state index in [0.29, 0.717) is 11.0 Å². The number of ether oxygens (including phenoxy) is 3. The van der Waals surface area contributed by atoms with Gasteiger partial charge < -0.3 is 75.5 Å². The molecule has 2 aliphatic rings. The number of phenolic OH excluding ortho intramolecular Hbond substituents is 11. The molecule has 4 atom stereocenters. The highest BCUT2D eigenvalue weighted by Gasteiger charge is 2.42. The van der Waals surface area contributed by atoms with Crippen LogP contribution in [0.2, 0.25) is 0 Å². The Bertz CT molecular complexity index is 2990. The Labute approximate surface area is 341 Å². The minimum Gasteiger partial charge on any atom is -0.508 e.